The van der Waals surface area contributed by atoms with Crippen LogP contribution in [0.2, 0.25) is 0 Å². The first-order chi connectivity index (χ1) is 30.9. The third-order valence-corrected chi connectivity index (χ3v) is 14.2. The summed E-state index contributed by atoms with van der Waals surface area (Å²) in [5.41, 5.74) is 7.25. The van der Waals surface area contributed by atoms with Crippen LogP contribution in [0.15, 0.2) is 96.0 Å². The Labute approximate surface area is 379 Å². The van der Waals surface area contributed by atoms with Crippen LogP contribution < -0.4 is 14.5 Å². The molecule has 0 spiro atoms. The number of nitrogens with zero attached hydrogens (tertiary/aromatic N) is 7. The number of aliphatic imine (C=N–C) groups is 1. The molecule has 4 aromatic carbocycles. The van der Waals surface area contributed by atoms with Gasteiger partial charge < -0.3 is 24.7 Å². The normalized spacial score (nSPS) is 17.9. The zero-order valence-electron chi connectivity index (χ0n) is 37.5. The number of hydrogen-bond donors (Lipinski definition) is 2. The maximum atomic E-state index is 16.1. The number of methoxy groups -OCH3 is 1. The minimum absolute atomic E-state index is 0.178. The number of thiophene rings is 1. The standard InChI is InChI=1S/C35H42FN7O2S.C10H12O.C6H5F/c1-22-24(3)46-34-31(22)32(37-23(2)33-39-38-25(4)43(33)34)29-10-9-27(20-30(29)36)41-13-11-35(44,12-14-41)21-40-15-17-42(18-16-40)26-7-6-8-28(19-26)45-5;11-10-6-5-8-3-1-2-4-9(8)7-10;7-6-4-2-1-3-5-6/h6-10,19-20,23,44H,11-18,21H2,1-5H3;5-7,11H,1-4H2;1-5H/t23-;;/m0../s1. The van der Waals surface area contributed by atoms with Gasteiger partial charge in [0, 0.05) is 79.3 Å². The van der Waals surface area contributed by atoms with Crippen LogP contribution >= 0.6 is 11.3 Å². The number of piperazine rings is 1. The molecule has 6 aromatic rings. The lowest BCUT2D eigenvalue weighted by Crippen LogP contribution is -2.55. The van der Waals surface area contributed by atoms with E-state index in [1.807, 2.05) is 50.2 Å². The summed E-state index contributed by atoms with van der Waals surface area (Å²) >= 11 is 1.67. The van der Waals surface area contributed by atoms with Gasteiger partial charge in [-0.1, -0.05) is 30.3 Å². The van der Waals surface area contributed by atoms with Crippen LogP contribution in [0.25, 0.3) is 5.00 Å². The highest BCUT2D eigenvalue weighted by Gasteiger charge is 2.36. The van der Waals surface area contributed by atoms with Gasteiger partial charge in [0.2, 0.25) is 0 Å². The summed E-state index contributed by atoms with van der Waals surface area (Å²) in [6.45, 7) is 13.8. The topological polar surface area (TPSA) is 102 Å². The molecule has 336 valence electrons. The molecule has 2 aromatic heterocycles. The monoisotopic (exact) mass is 887 g/mol. The van der Waals surface area contributed by atoms with Gasteiger partial charge in [-0.05, 0) is 138 Å². The van der Waals surface area contributed by atoms with Crippen LogP contribution in [0.5, 0.6) is 11.5 Å². The average Bonchev–Trinajstić information content (AvgIpc) is 3.79. The Balaban J connectivity index is 0.000000255. The molecule has 0 amide bonds. The van der Waals surface area contributed by atoms with Crippen molar-refractivity contribution in [2.45, 2.75) is 77.9 Å². The molecule has 2 saturated heterocycles. The van der Waals surface area contributed by atoms with E-state index in [2.05, 4.69) is 55.4 Å². The van der Waals surface area contributed by atoms with Gasteiger partial charge in [0.05, 0.1) is 18.4 Å². The number of piperidine rings is 1. The predicted octanol–water partition coefficient (Wildman–Crippen LogP) is 9.56. The summed E-state index contributed by atoms with van der Waals surface area (Å²) < 4.78 is 35.4. The Hall–Kier alpha value is -5.63. The molecule has 5 heterocycles. The lowest BCUT2D eigenvalue weighted by atomic mass is 9.90. The Morgan fingerprint density at radius 1 is 0.781 bits per heavy atom. The van der Waals surface area contributed by atoms with Crippen molar-refractivity contribution in [3.63, 3.8) is 0 Å². The van der Waals surface area contributed by atoms with Crippen molar-refractivity contribution in [3.05, 3.63) is 147 Å². The Morgan fingerprint density at radius 2 is 1.48 bits per heavy atom. The third kappa shape index (κ3) is 10.0. The van der Waals surface area contributed by atoms with Crippen molar-refractivity contribution in [3.8, 4) is 16.5 Å². The van der Waals surface area contributed by atoms with Crippen LogP contribution in [0.1, 0.15) is 83.0 Å². The number of phenols is 1. The minimum Gasteiger partial charge on any atom is -0.508 e. The lowest BCUT2D eigenvalue weighted by Gasteiger charge is -2.44. The molecular weight excluding hydrogens is 829 g/mol. The number of fused-ring (bicyclic) bond motifs is 4. The number of rotatable bonds is 6. The molecule has 1 atom stereocenters. The van der Waals surface area contributed by atoms with Gasteiger partial charge >= 0.3 is 0 Å². The van der Waals surface area contributed by atoms with Gasteiger partial charge in [-0.2, -0.15) is 0 Å². The van der Waals surface area contributed by atoms with Gasteiger partial charge in [0.15, 0.2) is 5.82 Å². The zero-order valence-corrected chi connectivity index (χ0v) is 38.3. The fraction of sp³-hybridized carbons (Fsp3) is 0.392. The van der Waals surface area contributed by atoms with E-state index in [0.717, 1.165) is 71.8 Å². The lowest BCUT2D eigenvalue weighted by molar-refractivity contribution is -0.0173. The van der Waals surface area contributed by atoms with Crippen LogP contribution in [-0.4, -0.2) is 94.1 Å². The molecule has 0 saturated carbocycles. The van der Waals surface area contributed by atoms with E-state index in [4.69, 9.17) is 9.73 Å². The van der Waals surface area contributed by atoms with Crippen LogP contribution in [-0.2, 0) is 12.8 Å². The van der Waals surface area contributed by atoms with Gasteiger partial charge in [0.25, 0.3) is 0 Å². The Kier molecular flexibility index (Phi) is 13.8. The average molecular weight is 888 g/mol. The highest BCUT2D eigenvalue weighted by Crippen LogP contribution is 2.40. The second-order valence-corrected chi connectivity index (χ2v) is 18.6. The van der Waals surface area contributed by atoms with E-state index >= 15 is 4.39 Å². The van der Waals surface area contributed by atoms with Crippen LogP contribution in [0.3, 0.4) is 0 Å². The van der Waals surface area contributed by atoms with E-state index in [0.29, 0.717) is 49.5 Å². The van der Waals surface area contributed by atoms with Crippen LogP contribution in [0.4, 0.5) is 20.2 Å². The molecule has 2 fully saturated rings. The maximum Gasteiger partial charge on any atom is 0.162 e. The Morgan fingerprint density at radius 3 is 2.17 bits per heavy atom. The highest BCUT2D eigenvalue weighted by molar-refractivity contribution is 7.15. The molecule has 4 aliphatic rings. The SMILES string of the molecule is COc1cccc(N2CCN(CC3(O)CCN(c4ccc(C5=N[C@@H](C)c6nnc(C)n6-c6sc(C)c(C)c65)c(F)c4)CC3)CC2)c1.Fc1ccccc1.Oc1ccc2c(c1)CCCC2. The van der Waals surface area contributed by atoms with Gasteiger partial charge in [-0.25, -0.2) is 8.78 Å². The molecule has 3 aliphatic heterocycles. The number of aromatic hydroxyl groups is 1. The van der Waals surface area contributed by atoms with E-state index < -0.39 is 5.60 Å². The summed E-state index contributed by atoms with van der Waals surface area (Å²) in [6, 6.07) is 27.1. The minimum atomic E-state index is -0.749. The van der Waals surface area contributed by atoms with E-state index in [1.165, 1.54) is 53.1 Å². The molecule has 0 radical (unpaired) electrons. The van der Waals surface area contributed by atoms with E-state index in [1.54, 1.807) is 48.8 Å². The third-order valence-electron chi connectivity index (χ3n) is 13.0. The van der Waals surface area contributed by atoms with Gasteiger partial charge in [-0.15, -0.1) is 21.5 Å². The first-order valence-electron chi connectivity index (χ1n) is 22.4. The highest BCUT2D eigenvalue weighted by atomic mass is 32.1. The summed E-state index contributed by atoms with van der Waals surface area (Å²) in [5, 5.41) is 30.5. The van der Waals surface area contributed by atoms with Gasteiger partial charge in [-0.3, -0.25) is 14.5 Å². The van der Waals surface area contributed by atoms with Crippen molar-refractivity contribution in [2.24, 2.45) is 4.99 Å². The molecule has 0 unspecified atom stereocenters. The van der Waals surface area contributed by atoms with Crippen molar-refractivity contribution < 1.29 is 23.7 Å². The zero-order chi connectivity index (χ0) is 45.0. The summed E-state index contributed by atoms with van der Waals surface area (Å²) in [7, 11) is 1.69. The predicted molar refractivity (Wildman–Crippen MR) is 253 cm³/mol. The first-order valence-corrected chi connectivity index (χ1v) is 23.2. The number of anilines is 2. The number of halogens is 2. The van der Waals surface area contributed by atoms with Crippen LogP contribution in [0, 0.1) is 32.4 Å². The second-order valence-electron chi connectivity index (χ2n) is 17.4. The summed E-state index contributed by atoms with van der Waals surface area (Å²) in [5.74, 6) is 2.38. The number of aliphatic hydroxyl groups is 1. The smallest absolute Gasteiger partial charge is 0.162 e. The molecule has 2 N–H and O–H groups in total. The van der Waals surface area contributed by atoms with Crippen molar-refractivity contribution >= 4 is 28.4 Å². The van der Waals surface area contributed by atoms with Crippen molar-refractivity contribution in [1.29, 1.82) is 0 Å². The number of β-amino-alcohol motifs (C(OH)–C–C–N with tert-alkyl or cyclic N) is 1. The summed E-state index contributed by atoms with van der Waals surface area (Å²) in [6.07, 6.45) is 6.20. The largest absolute Gasteiger partial charge is 0.508 e. The van der Waals surface area contributed by atoms with Crippen molar-refractivity contribution in [2.75, 3.05) is 62.7 Å². The quantitative estimate of drug-likeness (QED) is 0.171. The molecule has 0 bridgehead atoms. The number of aromatic nitrogens is 3. The number of hydrogen-bond acceptors (Lipinski definition) is 10. The fourth-order valence-electron chi connectivity index (χ4n) is 9.22. The van der Waals surface area contributed by atoms with E-state index in [9.17, 15) is 14.6 Å². The Bertz CT molecular complexity index is 2580. The number of benzene rings is 4. The molecular formula is C51H59F2N7O3S. The molecule has 10 nitrogen and oxygen atoms in total. The molecule has 10 rings (SSSR count). The second kappa shape index (κ2) is 19.6. The molecule has 13 heteroatoms. The molecule has 64 heavy (non-hydrogen) atoms. The number of phenolic OH excluding ortho intramolecular Hbond substituents is 1. The fourth-order valence-corrected chi connectivity index (χ4v) is 10.4. The number of ether oxygens (including phenoxy) is 1. The first kappa shape index (κ1) is 45.0. The van der Waals surface area contributed by atoms with Gasteiger partial charge in [0.1, 0.15) is 40.0 Å². The summed E-state index contributed by atoms with van der Waals surface area (Å²) in [4.78, 5) is 13.1. The maximum absolute atomic E-state index is 16.1. The molecule has 1 aliphatic carbocycles. The number of aryl methyl sites for hydroxylation is 4. The van der Waals surface area contributed by atoms with Crippen molar-refractivity contribution in [1.82, 2.24) is 19.7 Å². The van der Waals surface area contributed by atoms with E-state index in [-0.39, 0.29) is 17.7 Å².